The maximum absolute atomic E-state index is 12.6. The largest absolute Gasteiger partial charge is 0.456 e. The predicted molar refractivity (Wildman–Crippen MR) is 121 cm³/mol. The number of aromatic amines is 1. The predicted octanol–water partition coefficient (Wildman–Crippen LogP) is 3.58. The number of carbonyl (C=O) groups excluding carboxylic acids is 2. The minimum atomic E-state index is -0.644. The van der Waals surface area contributed by atoms with E-state index in [1.807, 2.05) is 24.0 Å². The van der Waals surface area contributed by atoms with Crippen LogP contribution >= 0.6 is 11.3 Å². The van der Waals surface area contributed by atoms with Gasteiger partial charge in [0.1, 0.15) is 17.4 Å². The molecule has 1 aliphatic heterocycles. The minimum Gasteiger partial charge on any atom is -0.456 e. The number of thiophene rings is 1. The molecule has 1 aromatic carbocycles. The summed E-state index contributed by atoms with van der Waals surface area (Å²) in [5, 5.41) is 7.03. The number of carbonyl (C=O) groups is 2. The highest BCUT2D eigenvalue weighted by molar-refractivity contribution is 7.21. The average molecular weight is 448 g/mol. The first-order valence-corrected chi connectivity index (χ1v) is 11.1. The normalized spacial score (nSPS) is 14.2. The molecule has 1 fully saturated rings. The third-order valence-corrected chi connectivity index (χ3v) is 6.60. The molecule has 9 heteroatoms. The maximum Gasteiger partial charge on any atom is 0.264 e. The zero-order chi connectivity index (χ0) is 22.2. The molecule has 162 valence electrons. The zero-order valence-electron chi connectivity index (χ0n) is 17.4. The van der Waals surface area contributed by atoms with Gasteiger partial charge in [0.2, 0.25) is 5.91 Å². The van der Waals surface area contributed by atoms with Crippen molar-refractivity contribution in [3.63, 3.8) is 0 Å². The standard InChI is InChI=1S/C23H21N5O3S/c1-13-11-16(27-26-13)20(22(24)29)14-3-5-15(6-4-14)31-18-7-8-25-17-12-19(32-21(17)18)23(30)28-9-2-10-28/h3-8,11-12,20H,2,9-10H2,1H3,(H2,24,29)(H,26,27). The number of fused-ring (bicyclic) bond motifs is 1. The first kappa shape index (κ1) is 20.2. The molecule has 0 spiro atoms. The number of pyridine rings is 1. The SMILES string of the molecule is Cc1cc(C(C(N)=O)c2ccc(Oc3ccnc4cc(C(=O)N5CCC5)sc34)cc2)n[nH]1. The number of likely N-dealkylation sites (tertiary alicyclic amines) is 1. The first-order chi connectivity index (χ1) is 15.5. The highest BCUT2D eigenvalue weighted by Gasteiger charge is 2.25. The fraction of sp³-hybridized carbons (Fsp3) is 0.217. The Balaban J connectivity index is 1.40. The number of nitrogens with two attached hydrogens (primary N) is 1. The lowest BCUT2D eigenvalue weighted by molar-refractivity contribution is -0.118. The summed E-state index contributed by atoms with van der Waals surface area (Å²) in [6.07, 6.45) is 2.72. The zero-order valence-corrected chi connectivity index (χ0v) is 18.2. The van der Waals surface area contributed by atoms with E-state index in [4.69, 9.17) is 10.5 Å². The monoisotopic (exact) mass is 447 g/mol. The van der Waals surface area contributed by atoms with Gasteiger partial charge in [0.15, 0.2) is 0 Å². The number of H-pyrrole nitrogens is 1. The summed E-state index contributed by atoms with van der Waals surface area (Å²) < 4.78 is 6.92. The topological polar surface area (TPSA) is 114 Å². The molecule has 3 aromatic heterocycles. The number of amides is 2. The smallest absolute Gasteiger partial charge is 0.264 e. The van der Waals surface area contributed by atoms with Crippen molar-refractivity contribution >= 4 is 33.4 Å². The third-order valence-electron chi connectivity index (χ3n) is 5.48. The van der Waals surface area contributed by atoms with Crippen molar-refractivity contribution < 1.29 is 14.3 Å². The van der Waals surface area contributed by atoms with Gasteiger partial charge in [-0.25, -0.2) is 0 Å². The van der Waals surface area contributed by atoms with E-state index in [9.17, 15) is 9.59 Å². The van der Waals surface area contributed by atoms with Crippen molar-refractivity contribution in [2.45, 2.75) is 19.3 Å². The molecule has 1 aliphatic rings. The molecular weight excluding hydrogens is 426 g/mol. The number of nitrogens with zero attached hydrogens (tertiary/aromatic N) is 3. The van der Waals surface area contributed by atoms with E-state index >= 15 is 0 Å². The summed E-state index contributed by atoms with van der Waals surface area (Å²) in [6.45, 7) is 3.48. The molecule has 4 aromatic rings. The van der Waals surface area contributed by atoms with Crippen LogP contribution in [0, 0.1) is 6.92 Å². The van der Waals surface area contributed by atoms with Crippen LogP contribution in [0.5, 0.6) is 11.5 Å². The molecule has 2 amide bonds. The Bertz CT molecular complexity index is 1310. The van der Waals surface area contributed by atoms with Gasteiger partial charge in [0.25, 0.3) is 5.91 Å². The molecule has 1 saturated heterocycles. The fourth-order valence-electron chi connectivity index (χ4n) is 3.70. The lowest BCUT2D eigenvalue weighted by Crippen LogP contribution is -2.41. The number of aryl methyl sites for hydroxylation is 1. The van der Waals surface area contributed by atoms with Gasteiger partial charge in [0.05, 0.1) is 20.8 Å². The van der Waals surface area contributed by atoms with Crippen molar-refractivity contribution in [2.75, 3.05) is 13.1 Å². The molecule has 0 bridgehead atoms. The highest BCUT2D eigenvalue weighted by atomic mass is 32.1. The second-order valence-electron chi connectivity index (χ2n) is 7.76. The molecule has 0 aliphatic carbocycles. The average Bonchev–Trinajstić information content (AvgIpc) is 3.35. The molecule has 1 unspecified atom stereocenters. The quantitative estimate of drug-likeness (QED) is 0.469. The number of aromatic nitrogens is 3. The Morgan fingerprint density at radius 3 is 2.59 bits per heavy atom. The van der Waals surface area contributed by atoms with Gasteiger partial charge in [-0.15, -0.1) is 11.3 Å². The molecule has 0 radical (unpaired) electrons. The van der Waals surface area contributed by atoms with Crippen LogP contribution in [0.4, 0.5) is 0 Å². The summed E-state index contributed by atoms with van der Waals surface area (Å²) >= 11 is 1.39. The number of hydrogen-bond acceptors (Lipinski definition) is 6. The van der Waals surface area contributed by atoms with E-state index in [1.165, 1.54) is 11.3 Å². The Morgan fingerprint density at radius 1 is 1.19 bits per heavy atom. The van der Waals surface area contributed by atoms with Gasteiger partial charge in [-0.2, -0.15) is 5.10 Å². The Hall–Kier alpha value is -3.72. The van der Waals surface area contributed by atoms with Gasteiger partial charge in [-0.05, 0) is 43.2 Å². The Morgan fingerprint density at radius 2 is 1.97 bits per heavy atom. The van der Waals surface area contributed by atoms with Crippen LogP contribution in [-0.2, 0) is 4.79 Å². The number of hydrogen-bond donors (Lipinski definition) is 2. The van der Waals surface area contributed by atoms with E-state index in [-0.39, 0.29) is 5.91 Å². The number of ether oxygens (including phenoxy) is 1. The van der Waals surface area contributed by atoms with Gasteiger partial charge in [0, 0.05) is 31.0 Å². The van der Waals surface area contributed by atoms with Crippen molar-refractivity contribution in [2.24, 2.45) is 5.73 Å². The molecule has 0 saturated carbocycles. The lowest BCUT2D eigenvalue weighted by Gasteiger charge is -2.30. The van der Waals surface area contributed by atoms with Crippen molar-refractivity contribution in [1.29, 1.82) is 0 Å². The van der Waals surface area contributed by atoms with Crippen LogP contribution in [-0.4, -0.2) is 45.0 Å². The summed E-state index contributed by atoms with van der Waals surface area (Å²) in [7, 11) is 0. The van der Waals surface area contributed by atoms with E-state index in [1.54, 1.807) is 36.5 Å². The van der Waals surface area contributed by atoms with Crippen LogP contribution in [0.25, 0.3) is 10.2 Å². The molecule has 32 heavy (non-hydrogen) atoms. The second kappa shape index (κ2) is 8.08. The van der Waals surface area contributed by atoms with Gasteiger partial charge in [-0.3, -0.25) is 19.7 Å². The molecule has 8 nitrogen and oxygen atoms in total. The Kier molecular flexibility index (Phi) is 5.10. The van der Waals surface area contributed by atoms with Crippen LogP contribution in [0.1, 0.15) is 39.0 Å². The van der Waals surface area contributed by atoms with Crippen LogP contribution in [0.15, 0.2) is 48.7 Å². The number of benzene rings is 1. The van der Waals surface area contributed by atoms with Crippen LogP contribution in [0.3, 0.4) is 0 Å². The van der Waals surface area contributed by atoms with Gasteiger partial charge < -0.3 is 15.4 Å². The number of primary amides is 1. The minimum absolute atomic E-state index is 0.0423. The van der Waals surface area contributed by atoms with Crippen molar-refractivity contribution in [1.82, 2.24) is 20.1 Å². The Labute approximate surface area is 188 Å². The van der Waals surface area contributed by atoms with Gasteiger partial charge in [-0.1, -0.05) is 12.1 Å². The molecule has 3 N–H and O–H groups in total. The molecular formula is C23H21N5O3S. The summed E-state index contributed by atoms with van der Waals surface area (Å²) in [5.41, 5.74) is 8.54. The van der Waals surface area contributed by atoms with Crippen molar-refractivity contribution in [3.05, 3.63) is 70.5 Å². The maximum atomic E-state index is 12.6. The van der Waals surface area contributed by atoms with Crippen molar-refractivity contribution in [3.8, 4) is 11.5 Å². The second-order valence-corrected chi connectivity index (χ2v) is 8.81. The van der Waals surface area contributed by atoms with E-state index in [2.05, 4.69) is 15.2 Å². The number of rotatable bonds is 6. The van der Waals surface area contributed by atoms with Crippen LogP contribution in [0.2, 0.25) is 0 Å². The number of nitrogens with one attached hydrogen (secondary N) is 1. The third kappa shape index (κ3) is 3.71. The lowest BCUT2D eigenvalue weighted by atomic mass is 9.95. The summed E-state index contributed by atoms with van der Waals surface area (Å²) in [6, 6.07) is 12.6. The van der Waals surface area contributed by atoms with Crippen LogP contribution < -0.4 is 10.5 Å². The fourth-order valence-corrected chi connectivity index (χ4v) is 4.73. The first-order valence-electron chi connectivity index (χ1n) is 10.3. The molecule has 5 rings (SSSR count). The van der Waals surface area contributed by atoms with E-state index in [0.29, 0.717) is 22.1 Å². The van der Waals surface area contributed by atoms with E-state index in [0.717, 1.165) is 41.0 Å². The summed E-state index contributed by atoms with van der Waals surface area (Å²) in [5.74, 6) is 0.158. The summed E-state index contributed by atoms with van der Waals surface area (Å²) in [4.78, 5) is 31.5. The van der Waals surface area contributed by atoms with E-state index < -0.39 is 11.8 Å². The van der Waals surface area contributed by atoms with Gasteiger partial charge >= 0.3 is 0 Å². The molecule has 1 atom stereocenters. The highest BCUT2D eigenvalue weighted by Crippen LogP contribution is 2.36. The molecule has 4 heterocycles.